The van der Waals surface area contributed by atoms with Crippen LogP contribution in [0, 0.1) is 11.3 Å². The Morgan fingerprint density at radius 1 is 1.10 bits per heavy atom. The van der Waals surface area contributed by atoms with E-state index in [4.69, 9.17) is 0 Å². The van der Waals surface area contributed by atoms with Crippen molar-refractivity contribution in [3.05, 3.63) is 30.4 Å². The molecule has 2 fully saturated rings. The Balaban J connectivity index is 0.000000994. The summed E-state index contributed by atoms with van der Waals surface area (Å²) in [5, 5.41) is 21.5. The highest BCUT2D eigenvalue weighted by molar-refractivity contribution is 5.92. The lowest BCUT2D eigenvalue weighted by molar-refractivity contribution is 0.316. The molecule has 0 bridgehead atoms. The van der Waals surface area contributed by atoms with Gasteiger partial charge in [0.05, 0.1) is 34.6 Å². The van der Waals surface area contributed by atoms with E-state index in [1.807, 2.05) is 26.0 Å². The topological polar surface area (TPSA) is 106 Å². The molecule has 2 N–H and O–H groups in total. The van der Waals surface area contributed by atoms with Gasteiger partial charge in [0.15, 0.2) is 0 Å². The molecule has 3 aromatic rings. The summed E-state index contributed by atoms with van der Waals surface area (Å²) < 4.78 is 0. The molecule has 0 amide bonds. The number of rotatable bonds is 3. The van der Waals surface area contributed by atoms with Gasteiger partial charge in [-0.3, -0.25) is 10.1 Å². The number of anilines is 1. The average molecular weight is 390 g/mol. The van der Waals surface area contributed by atoms with Crippen LogP contribution < -0.4 is 10.2 Å². The number of piperazine rings is 1. The zero-order valence-corrected chi connectivity index (χ0v) is 16.9. The molecule has 29 heavy (non-hydrogen) atoms. The summed E-state index contributed by atoms with van der Waals surface area (Å²) in [6.45, 7) is 7.76. The number of aromatic amines is 1. The minimum absolute atomic E-state index is 0.444. The number of nitrogens with zero attached hydrogens (tertiary/aromatic N) is 6. The second-order valence-electron chi connectivity index (χ2n) is 7.23. The highest BCUT2D eigenvalue weighted by Crippen LogP contribution is 2.43. The summed E-state index contributed by atoms with van der Waals surface area (Å²) in [4.78, 5) is 15.7. The summed E-state index contributed by atoms with van der Waals surface area (Å²) >= 11 is 0. The number of nitriles is 1. The van der Waals surface area contributed by atoms with Gasteiger partial charge in [-0.25, -0.2) is 9.97 Å². The number of H-pyrrole nitrogens is 1. The molecule has 4 heterocycles. The van der Waals surface area contributed by atoms with E-state index in [0.29, 0.717) is 0 Å². The smallest absolute Gasteiger partial charge is 0.132 e. The van der Waals surface area contributed by atoms with E-state index in [0.717, 1.165) is 79.2 Å². The van der Waals surface area contributed by atoms with Crippen molar-refractivity contribution in [1.82, 2.24) is 30.5 Å². The fourth-order valence-electron chi connectivity index (χ4n) is 3.87. The van der Waals surface area contributed by atoms with Crippen molar-refractivity contribution < 1.29 is 0 Å². The van der Waals surface area contributed by atoms with E-state index in [-0.39, 0.29) is 0 Å². The highest BCUT2D eigenvalue weighted by Gasteiger charge is 2.40. The van der Waals surface area contributed by atoms with E-state index in [1.54, 1.807) is 12.5 Å². The van der Waals surface area contributed by atoms with Gasteiger partial charge in [-0.15, -0.1) is 0 Å². The van der Waals surface area contributed by atoms with Crippen LogP contribution in [-0.2, 0) is 5.41 Å². The molecule has 0 atom stereocenters. The lowest BCUT2D eigenvalue weighted by atomic mass is 9.67. The van der Waals surface area contributed by atoms with Crippen molar-refractivity contribution in [3.8, 4) is 17.5 Å². The van der Waals surface area contributed by atoms with Gasteiger partial charge in [0.1, 0.15) is 17.8 Å². The molecule has 2 aliphatic rings. The fourth-order valence-corrected chi connectivity index (χ4v) is 3.87. The van der Waals surface area contributed by atoms with E-state index in [9.17, 15) is 5.26 Å². The maximum atomic E-state index is 9.63. The normalized spacial score (nSPS) is 17.8. The van der Waals surface area contributed by atoms with E-state index < -0.39 is 5.41 Å². The average Bonchev–Trinajstić information content (AvgIpc) is 3.19. The maximum absolute atomic E-state index is 9.63. The Bertz CT molecular complexity index is 1020. The van der Waals surface area contributed by atoms with Crippen LogP contribution in [-0.4, -0.2) is 51.3 Å². The quantitative estimate of drug-likeness (QED) is 0.708. The Hall–Kier alpha value is -3.05. The number of aromatic nitrogens is 5. The lowest BCUT2D eigenvalue weighted by Crippen LogP contribution is -2.43. The molecule has 1 saturated heterocycles. The third kappa shape index (κ3) is 3.42. The van der Waals surface area contributed by atoms with Gasteiger partial charge >= 0.3 is 0 Å². The Kier molecular flexibility index (Phi) is 5.41. The van der Waals surface area contributed by atoms with Gasteiger partial charge in [0.25, 0.3) is 0 Å². The molecular formula is C21H26N8. The van der Waals surface area contributed by atoms with E-state index >= 15 is 0 Å². The molecule has 5 rings (SSSR count). The molecule has 1 aliphatic carbocycles. The second-order valence-corrected chi connectivity index (χ2v) is 7.23. The predicted octanol–water partition coefficient (Wildman–Crippen LogP) is 2.80. The Labute approximate surface area is 170 Å². The van der Waals surface area contributed by atoms with Crippen molar-refractivity contribution in [2.45, 2.75) is 38.5 Å². The van der Waals surface area contributed by atoms with Crippen molar-refractivity contribution in [2.75, 3.05) is 31.1 Å². The molecule has 1 saturated carbocycles. The number of pyridine rings is 1. The summed E-state index contributed by atoms with van der Waals surface area (Å²) in [5.41, 5.74) is 2.80. The Morgan fingerprint density at radius 2 is 1.90 bits per heavy atom. The second kappa shape index (κ2) is 8.13. The predicted molar refractivity (Wildman–Crippen MR) is 112 cm³/mol. The molecule has 0 unspecified atom stereocenters. The van der Waals surface area contributed by atoms with Gasteiger partial charge in [-0.1, -0.05) is 13.8 Å². The van der Waals surface area contributed by atoms with Crippen LogP contribution in [0.15, 0.2) is 24.7 Å². The van der Waals surface area contributed by atoms with Crippen molar-refractivity contribution in [3.63, 3.8) is 0 Å². The molecule has 150 valence electrons. The molecule has 0 radical (unpaired) electrons. The van der Waals surface area contributed by atoms with Crippen molar-refractivity contribution in [1.29, 1.82) is 5.26 Å². The minimum Gasteiger partial charge on any atom is -0.354 e. The number of nitrogens with one attached hydrogen (secondary N) is 2. The highest BCUT2D eigenvalue weighted by atomic mass is 15.2. The lowest BCUT2D eigenvalue weighted by Gasteiger charge is -2.34. The largest absolute Gasteiger partial charge is 0.354 e. The SMILES string of the molecule is CC.N#CC1(c2cc3c(-c4cc(N5CCNCC5)ncn4)n[nH]c3cn2)CCC1. The van der Waals surface area contributed by atoms with Crippen LogP contribution >= 0.6 is 0 Å². The zero-order chi connectivity index (χ0) is 20.3. The zero-order valence-electron chi connectivity index (χ0n) is 16.9. The monoisotopic (exact) mass is 390 g/mol. The van der Waals surface area contributed by atoms with E-state index in [2.05, 4.69) is 41.4 Å². The van der Waals surface area contributed by atoms with Gasteiger partial charge < -0.3 is 10.2 Å². The van der Waals surface area contributed by atoms with Gasteiger partial charge in [-0.2, -0.15) is 10.4 Å². The summed E-state index contributed by atoms with van der Waals surface area (Å²) in [7, 11) is 0. The number of hydrogen-bond acceptors (Lipinski definition) is 7. The molecule has 8 heteroatoms. The summed E-state index contributed by atoms with van der Waals surface area (Å²) in [6, 6.07) is 6.46. The molecule has 0 aromatic carbocycles. The standard InChI is InChI=1S/C19H20N8.C2H6/c20-11-19(2-1-3-19)16-8-13-15(10-22-16)25-26-18(13)14-9-17(24-12-23-14)27-6-4-21-5-7-27;1-2/h8-10,12,21H,1-7H2,(H,25,26);1-2H3. The van der Waals surface area contributed by atoms with Crippen molar-refractivity contribution in [2.24, 2.45) is 0 Å². The van der Waals surface area contributed by atoms with Crippen LogP contribution in [0.5, 0.6) is 0 Å². The molecule has 3 aromatic heterocycles. The first kappa shape index (κ1) is 19.3. The van der Waals surface area contributed by atoms with Crippen LogP contribution in [0.3, 0.4) is 0 Å². The first-order valence-electron chi connectivity index (χ1n) is 10.3. The van der Waals surface area contributed by atoms with Crippen LogP contribution in [0.2, 0.25) is 0 Å². The molecule has 8 nitrogen and oxygen atoms in total. The number of hydrogen-bond donors (Lipinski definition) is 2. The van der Waals surface area contributed by atoms with Crippen LogP contribution in [0.1, 0.15) is 38.8 Å². The van der Waals surface area contributed by atoms with Gasteiger partial charge in [-0.05, 0) is 25.3 Å². The Morgan fingerprint density at radius 3 is 2.59 bits per heavy atom. The third-order valence-corrected chi connectivity index (χ3v) is 5.69. The van der Waals surface area contributed by atoms with Crippen LogP contribution in [0.25, 0.3) is 22.3 Å². The maximum Gasteiger partial charge on any atom is 0.132 e. The first-order chi connectivity index (χ1) is 14.3. The summed E-state index contributed by atoms with van der Waals surface area (Å²) in [6.07, 6.45) is 6.19. The summed E-state index contributed by atoms with van der Waals surface area (Å²) in [5.74, 6) is 0.916. The molecule has 1 aliphatic heterocycles. The van der Waals surface area contributed by atoms with Gasteiger partial charge in [0, 0.05) is 37.6 Å². The van der Waals surface area contributed by atoms with Crippen molar-refractivity contribution >= 4 is 16.7 Å². The third-order valence-electron chi connectivity index (χ3n) is 5.69. The molecular weight excluding hydrogens is 364 g/mol. The minimum atomic E-state index is -0.444. The van der Waals surface area contributed by atoms with Gasteiger partial charge in [0.2, 0.25) is 0 Å². The fraction of sp³-hybridized carbons (Fsp3) is 0.476. The van der Waals surface area contributed by atoms with Crippen LogP contribution in [0.4, 0.5) is 5.82 Å². The first-order valence-corrected chi connectivity index (χ1v) is 10.3. The van der Waals surface area contributed by atoms with E-state index in [1.165, 1.54) is 0 Å². The molecule has 0 spiro atoms. The number of fused-ring (bicyclic) bond motifs is 1.